The largest absolute Gasteiger partial charge is 0.504 e. The van der Waals surface area contributed by atoms with Crippen molar-refractivity contribution < 1.29 is 36.5 Å². The second-order valence-electron chi connectivity index (χ2n) is 8.57. The van der Waals surface area contributed by atoms with Gasteiger partial charge in [-0.3, -0.25) is 14.8 Å². The summed E-state index contributed by atoms with van der Waals surface area (Å²) in [4.78, 5) is 22.2. The van der Waals surface area contributed by atoms with E-state index in [-0.39, 0.29) is 57.2 Å². The van der Waals surface area contributed by atoms with E-state index in [1.807, 2.05) is 0 Å². The van der Waals surface area contributed by atoms with Crippen LogP contribution in [-0.4, -0.2) is 65.5 Å². The fourth-order valence-corrected chi connectivity index (χ4v) is 4.67. The monoisotopic (exact) mass is 678 g/mol. The molecule has 0 unspecified atom stereocenters. The molecule has 0 amide bonds. The van der Waals surface area contributed by atoms with Gasteiger partial charge in [-0.1, -0.05) is 30.3 Å². The van der Waals surface area contributed by atoms with Gasteiger partial charge < -0.3 is 35.1 Å². The Labute approximate surface area is 261 Å². The van der Waals surface area contributed by atoms with Crippen molar-refractivity contribution in [2.75, 3.05) is 22.7 Å². The molecule has 1 heterocycles. The van der Waals surface area contributed by atoms with Crippen LogP contribution in [0.1, 0.15) is 15.9 Å². The zero-order valence-electron chi connectivity index (χ0n) is 22.5. The fourth-order valence-electron chi connectivity index (χ4n) is 3.46. The number of hydrogen-bond donors (Lipinski definition) is 9. The Morgan fingerprint density at radius 3 is 2.27 bits per heavy atom. The van der Waals surface area contributed by atoms with Crippen LogP contribution in [0.15, 0.2) is 85.8 Å². The van der Waals surface area contributed by atoms with E-state index in [1.165, 1.54) is 6.07 Å². The normalized spacial score (nSPS) is 12.6. The number of nitrogens with one attached hydrogen (secondary N) is 3. The highest BCUT2D eigenvalue weighted by Gasteiger charge is 2.20. The van der Waals surface area contributed by atoms with Gasteiger partial charge in [0.1, 0.15) is 16.6 Å². The van der Waals surface area contributed by atoms with Gasteiger partial charge in [0.05, 0.1) is 27.8 Å². The highest BCUT2D eigenvalue weighted by molar-refractivity contribution is 8.19. The molecule has 0 aliphatic heterocycles. The molecule has 0 atom stereocenters. The lowest BCUT2D eigenvalue weighted by Gasteiger charge is -2.19. The first kappa shape index (κ1) is 33.1. The van der Waals surface area contributed by atoms with E-state index < -0.39 is 31.6 Å². The van der Waals surface area contributed by atoms with E-state index >= 15 is 0 Å². The lowest BCUT2D eigenvalue weighted by atomic mass is 10.2. The summed E-state index contributed by atoms with van der Waals surface area (Å²) in [5.74, 6) is -1.03. The van der Waals surface area contributed by atoms with Crippen molar-refractivity contribution in [3.05, 3.63) is 77.1 Å². The topological polar surface area (TPSA) is 290 Å². The van der Waals surface area contributed by atoms with Crippen molar-refractivity contribution in [2.45, 2.75) is 9.79 Å². The number of nitrogens with zero attached hydrogens (tertiary/aromatic N) is 6. The Morgan fingerprint density at radius 1 is 0.933 bits per heavy atom. The van der Waals surface area contributed by atoms with Gasteiger partial charge in [0.25, 0.3) is 10.1 Å². The van der Waals surface area contributed by atoms with Crippen LogP contribution in [-0.2, 0) is 10.1 Å². The van der Waals surface area contributed by atoms with Crippen LogP contribution in [0.4, 0.5) is 29.0 Å². The first-order chi connectivity index (χ1) is 21.3. The highest BCUT2D eigenvalue weighted by atomic mass is 35.5. The van der Waals surface area contributed by atoms with Crippen LogP contribution in [0.5, 0.6) is 5.75 Å². The minimum atomic E-state index is -4.82. The third-order valence-electron chi connectivity index (χ3n) is 5.51. The minimum Gasteiger partial charge on any atom is -0.504 e. The van der Waals surface area contributed by atoms with E-state index in [9.17, 15) is 36.5 Å². The third kappa shape index (κ3) is 8.65. The number of benzene rings is 3. The summed E-state index contributed by atoms with van der Waals surface area (Å²) in [6, 6.07) is 13.3. The fraction of sp³-hybridized carbons (Fsp3) is 0.0417. The first-order valence-corrected chi connectivity index (χ1v) is 15.5. The number of hydrogen-bond acceptors (Lipinski definition) is 16. The molecule has 45 heavy (non-hydrogen) atoms. The maximum absolute atomic E-state index is 12.1. The highest BCUT2D eigenvalue weighted by Crippen LogP contribution is 2.45. The van der Waals surface area contributed by atoms with Crippen molar-refractivity contribution in [3.63, 3.8) is 0 Å². The molecule has 18 nitrogen and oxygen atoms in total. The van der Waals surface area contributed by atoms with E-state index in [1.54, 1.807) is 30.3 Å². The summed E-state index contributed by atoms with van der Waals surface area (Å²) in [5, 5.41) is 28.0. The van der Waals surface area contributed by atoms with Gasteiger partial charge >= 0.3 is 0 Å². The molecular weight excluding hydrogens is 656 g/mol. The number of aromatic hydroxyl groups is 1. The van der Waals surface area contributed by atoms with Crippen molar-refractivity contribution in [3.8, 4) is 5.75 Å². The summed E-state index contributed by atoms with van der Waals surface area (Å²) < 4.78 is 62.7. The Morgan fingerprint density at radius 2 is 1.62 bits per heavy atom. The van der Waals surface area contributed by atoms with Crippen molar-refractivity contribution in [1.29, 1.82) is 0 Å². The van der Waals surface area contributed by atoms with Crippen LogP contribution in [0.2, 0.25) is 5.28 Å². The summed E-state index contributed by atoms with van der Waals surface area (Å²) >= 11 is 5.91. The number of anilines is 4. The molecule has 236 valence electrons. The number of phenolic OH excluding ortho intramolecular Hbond substituents is 1. The number of aromatic nitrogens is 3. The van der Waals surface area contributed by atoms with Gasteiger partial charge in [0.2, 0.25) is 23.0 Å². The molecule has 0 aliphatic carbocycles. The number of carbonyl (C=O) groups is 1. The predicted molar refractivity (Wildman–Crippen MR) is 165 cm³/mol. The molecule has 0 fully saturated rings. The quantitative estimate of drug-likeness (QED) is 0.0154. The average Bonchev–Trinajstić information content (AvgIpc) is 2.98. The molecule has 10 N–H and O–H groups in total. The lowest BCUT2D eigenvalue weighted by molar-refractivity contribution is 0.112. The summed E-state index contributed by atoms with van der Waals surface area (Å²) in [6.45, 7) is -0.0511. The number of carbonyl (C=O) groups excluding carboxylic acids is 1. The Kier molecular flexibility index (Phi) is 10.2. The van der Waals surface area contributed by atoms with Crippen LogP contribution in [0.25, 0.3) is 0 Å². The number of phenols is 1. The maximum Gasteiger partial charge on any atom is 0.294 e. The van der Waals surface area contributed by atoms with Crippen LogP contribution < -0.4 is 21.8 Å². The Hall–Kier alpha value is -4.80. The Balaban J connectivity index is 1.78. The van der Waals surface area contributed by atoms with Gasteiger partial charge in [-0.05, 0) is 41.9 Å². The number of halogens is 1. The molecule has 1 aromatic heterocycles. The van der Waals surface area contributed by atoms with Gasteiger partial charge in [-0.15, -0.1) is 10.2 Å². The summed E-state index contributed by atoms with van der Waals surface area (Å²) in [7, 11) is -8.96. The van der Waals surface area contributed by atoms with Crippen LogP contribution in [0.3, 0.4) is 0 Å². The van der Waals surface area contributed by atoms with E-state index in [4.69, 9.17) is 17.3 Å². The van der Waals surface area contributed by atoms with Gasteiger partial charge in [-0.25, -0.2) is 0 Å². The smallest absolute Gasteiger partial charge is 0.294 e. The Bertz CT molecular complexity index is 1890. The zero-order chi connectivity index (χ0) is 32.8. The summed E-state index contributed by atoms with van der Waals surface area (Å²) in [5.41, 5.74) is 7.44. The molecule has 21 heteroatoms. The van der Waals surface area contributed by atoms with E-state index in [0.717, 1.165) is 24.3 Å². The SMILES string of the molecule is NCNc1nc(Cl)nc(Nc2cc(S(=O)(=O)O)cc(NN=C(N=Nc3cc(S(O)(O)O)ccc3C=O)c3ccccc3)c2O)n1. The number of azo groups is 1. The van der Waals surface area contributed by atoms with E-state index in [2.05, 4.69) is 46.3 Å². The minimum absolute atomic E-state index is 0.0102. The molecule has 0 bridgehead atoms. The molecule has 0 spiro atoms. The van der Waals surface area contributed by atoms with Crippen LogP contribution in [0, 0.1) is 0 Å². The average molecular weight is 679 g/mol. The first-order valence-electron chi connectivity index (χ1n) is 12.2. The number of hydrazone groups is 1. The van der Waals surface area contributed by atoms with Gasteiger partial charge in [-0.2, -0.15) is 28.5 Å². The number of aldehydes is 1. The van der Waals surface area contributed by atoms with Gasteiger partial charge in [0, 0.05) is 11.1 Å². The molecule has 0 saturated carbocycles. The van der Waals surface area contributed by atoms with Crippen molar-refractivity contribution >= 4 is 73.7 Å². The van der Waals surface area contributed by atoms with Crippen molar-refractivity contribution in [2.24, 2.45) is 21.1 Å². The van der Waals surface area contributed by atoms with Crippen molar-refractivity contribution in [1.82, 2.24) is 15.0 Å². The maximum atomic E-state index is 12.1. The predicted octanol–water partition coefficient (Wildman–Crippen LogP) is 4.50. The lowest BCUT2D eigenvalue weighted by Crippen LogP contribution is -2.14. The number of rotatable bonds is 11. The molecule has 0 saturated heterocycles. The molecule has 4 rings (SSSR count). The molecule has 0 radical (unpaired) electrons. The molecule has 3 aromatic carbocycles. The number of nitrogens with two attached hydrogens (primary N) is 1. The second kappa shape index (κ2) is 13.9. The molecule has 4 aromatic rings. The molecule has 0 aliphatic rings. The third-order valence-corrected chi connectivity index (χ3v) is 7.39. The van der Waals surface area contributed by atoms with E-state index in [0.29, 0.717) is 11.8 Å². The second-order valence-corrected chi connectivity index (χ2v) is 11.8. The number of amidine groups is 1. The summed E-state index contributed by atoms with van der Waals surface area (Å²) in [6.07, 6.45) is 0.432. The zero-order valence-corrected chi connectivity index (χ0v) is 24.9. The van der Waals surface area contributed by atoms with Gasteiger partial charge in [0.15, 0.2) is 12.0 Å². The van der Waals surface area contributed by atoms with Crippen LogP contribution >= 0.6 is 22.5 Å². The molecular formula is C24H23ClN10O8S2. The standard InChI is InChI=1S/C24H23ClN10O8S2/c25-22-29-23(27-12-26)31-24(30-22)28-18-9-16(45(41,42)43)10-19(20(18)37)33-35-21(13-4-2-1-3-5-13)34-32-17-8-15(44(38,39)40)7-6-14(17)11-36/h1-11,33,37-40H,12,26H2,(H,41,42,43)(H2,27,28,29,30,31).